The van der Waals surface area contributed by atoms with Gasteiger partial charge >= 0.3 is 0 Å². The Labute approximate surface area is 201 Å². The molecule has 0 radical (unpaired) electrons. The highest BCUT2D eigenvalue weighted by atomic mass is 16.5. The van der Waals surface area contributed by atoms with Crippen molar-refractivity contribution in [2.45, 2.75) is 12.5 Å². The fourth-order valence-corrected chi connectivity index (χ4v) is 3.54. The highest BCUT2D eigenvalue weighted by molar-refractivity contribution is 5.97. The summed E-state index contributed by atoms with van der Waals surface area (Å²) >= 11 is 0. The molecular weight excluding hydrogens is 452 g/mol. The maximum Gasteiger partial charge on any atom is 0.271 e. The highest BCUT2D eigenvalue weighted by Gasteiger charge is 2.29. The quantitative estimate of drug-likeness (QED) is 0.178. The van der Waals surface area contributed by atoms with Crippen LogP contribution in [0.2, 0.25) is 0 Å². The van der Waals surface area contributed by atoms with Gasteiger partial charge in [0.1, 0.15) is 23.0 Å². The standard InChI is InChI=1S/C25H24N4O6/c1-33-18-6-8-21-16(9-18)11-23(35-21)25(32)28-17-5-3-15(22(12-17)34-2)13-27-29-24(31)14-4-7-20(30)19(26)10-14/h3-10,12-13,23,30H,11,26H2,1-2H3,(H,28,32)(H,29,31)/b27-13+. The van der Waals surface area contributed by atoms with E-state index in [0.717, 1.165) is 5.56 Å². The summed E-state index contributed by atoms with van der Waals surface area (Å²) in [5.74, 6) is 0.919. The Morgan fingerprint density at radius 2 is 1.94 bits per heavy atom. The number of nitrogens with zero attached hydrogens (tertiary/aromatic N) is 1. The summed E-state index contributed by atoms with van der Waals surface area (Å²) in [6.45, 7) is 0. The summed E-state index contributed by atoms with van der Waals surface area (Å²) in [7, 11) is 3.07. The molecule has 180 valence electrons. The second-order valence-corrected chi connectivity index (χ2v) is 7.70. The van der Waals surface area contributed by atoms with E-state index in [-0.39, 0.29) is 22.9 Å². The van der Waals surface area contributed by atoms with Crippen molar-refractivity contribution >= 4 is 29.4 Å². The number of carbonyl (C=O) groups excluding carboxylic acids is 2. The largest absolute Gasteiger partial charge is 0.506 e. The van der Waals surface area contributed by atoms with Gasteiger partial charge in [-0.15, -0.1) is 0 Å². The molecule has 0 saturated heterocycles. The molecule has 35 heavy (non-hydrogen) atoms. The van der Waals surface area contributed by atoms with Crippen LogP contribution in [0.5, 0.6) is 23.0 Å². The molecule has 1 aliphatic heterocycles. The Kier molecular flexibility index (Phi) is 6.72. The molecule has 5 N–H and O–H groups in total. The number of methoxy groups -OCH3 is 2. The number of benzene rings is 3. The number of phenols is 1. The van der Waals surface area contributed by atoms with E-state index in [2.05, 4.69) is 15.8 Å². The normalized spacial score (nSPS) is 14.2. The zero-order chi connectivity index (χ0) is 24.9. The maximum atomic E-state index is 12.7. The van der Waals surface area contributed by atoms with Gasteiger partial charge in [-0.3, -0.25) is 9.59 Å². The van der Waals surface area contributed by atoms with Crippen LogP contribution in [-0.2, 0) is 11.2 Å². The molecule has 0 bridgehead atoms. The minimum Gasteiger partial charge on any atom is -0.506 e. The number of nitrogens with two attached hydrogens (primary N) is 1. The minimum atomic E-state index is -0.659. The molecule has 0 fully saturated rings. The van der Waals surface area contributed by atoms with Crippen LogP contribution >= 0.6 is 0 Å². The van der Waals surface area contributed by atoms with Gasteiger partial charge in [0.15, 0.2) is 6.10 Å². The number of hydrazone groups is 1. The second kappa shape index (κ2) is 10.0. The molecule has 0 spiro atoms. The fraction of sp³-hybridized carbons (Fsp3) is 0.160. The van der Waals surface area contributed by atoms with Crippen molar-refractivity contribution in [2.75, 3.05) is 25.3 Å². The van der Waals surface area contributed by atoms with Gasteiger partial charge in [-0.25, -0.2) is 5.43 Å². The van der Waals surface area contributed by atoms with Gasteiger partial charge < -0.3 is 30.4 Å². The van der Waals surface area contributed by atoms with E-state index in [1.165, 1.54) is 31.5 Å². The lowest BCUT2D eigenvalue weighted by atomic mass is 10.1. The highest BCUT2D eigenvalue weighted by Crippen LogP contribution is 2.32. The van der Waals surface area contributed by atoms with Gasteiger partial charge in [0.2, 0.25) is 0 Å². The first-order chi connectivity index (χ1) is 16.9. The number of anilines is 2. The van der Waals surface area contributed by atoms with Gasteiger partial charge in [0, 0.05) is 34.9 Å². The molecule has 0 aromatic heterocycles. The predicted octanol–water partition coefficient (Wildman–Crippen LogP) is 2.70. The van der Waals surface area contributed by atoms with Crippen LogP contribution < -0.4 is 30.7 Å². The number of rotatable bonds is 7. The first-order valence-electron chi connectivity index (χ1n) is 10.6. The minimum absolute atomic E-state index is 0.0903. The predicted molar refractivity (Wildman–Crippen MR) is 130 cm³/mol. The third-order valence-corrected chi connectivity index (χ3v) is 5.40. The number of phenolic OH excluding ortho intramolecular Hbond substituents is 1. The summed E-state index contributed by atoms with van der Waals surface area (Å²) in [6, 6.07) is 14.6. The van der Waals surface area contributed by atoms with E-state index < -0.39 is 12.0 Å². The number of carbonyl (C=O) groups is 2. The van der Waals surface area contributed by atoms with Crippen molar-refractivity contribution in [1.29, 1.82) is 0 Å². The van der Waals surface area contributed by atoms with Crippen LogP contribution in [0.4, 0.5) is 11.4 Å². The average Bonchev–Trinajstić information content (AvgIpc) is 3.30. The lowest BCUT2D eigenvalue weighted by molar-refractivity contribution is -0.122. The molecule has 10 nitrogen and oxygen atoms in total. The second-order valence-electron chi connectivity index (χ2n) is 7.70. The van der Waals surface area contributed by atoms with Crippen molar-refractivity contribution in [2.24, 2.45) is 5.10 Å². The summed E-state index contributed by atoms with van der Waals surface area (Å²) in [5, 5.41) is 16.2. The molecule has 4 rings (SSSR count). The number of hydrogen-bond acceptors (Lipinski definition) is 8. The summed E-state index contributed by atoms with van der Waals surface area (Å²) in [4.78, 5) is 25.0. The topological polar surface area (TPSA) is 144 Å². The van der Waals surface area contributed by atoms with Crippen molar-refractivity contribution in [3.05, 3.63) is 71.3 Å². The number of hydrogen-bond donors (Lipinski definition) is 4. The first kappa shape index (κ1) is 23.4. The number of nitrogens with one attached hydrogen (secondary N) is 2. The third-order valence-electron chi connectivity index (χ3n) is 5.40. The molecule has 1 unspecified atom stereocenters. The third kappa shape index (κ3) is 5.27. The van der Waals surface area contributed by atoms with Gasteiger partial charge in [0.05, 0.1) is 26.1 Å². The van der Waals surface area contributed by atoms with E-state index in [1.807, 2.05) is 6.07 Å². The Balaban J connectivity index is 1.38. The Bertz CT molecular complexity index is 1310. The molecule has 1 aliphatic rings. The van der Waals surface area contributed by atoms with Crippen molar-refractivity contribution in [3.8, 4) is 23.0 Å². The van der Waals surface area contributed by atoms with Crippen molar-refractivity contribution in [1.82, 2.24) is 5.43 Å². The fourth-order valence-electron chi connectivity index (χ4n) is 3.54. The van der Waals surface area contributed by atoms with Crippen molar-refractivity contribution < 1.29 is 28.9 Å². The summed E-state index contributed by atoms with van der Waals surface area (Å²) in [5.41, 5.74) is 10.3. The number of fused-ring (bicyclic) bond motifs is 1. The Morgan fingerprint density at radius 3 is 2.69 bits per heavy atom. The zero-order valence-corrected chi connectivity index (χ0v) is 19.1. The van der Waals surface area contributed by atoms with Gasteiger partial charge in [-0.1, -0.05) is 0 Å². The Hall–Kier alpha value is -4.73. The van der Waals surface area contributed by atoms with Gasteiger partial charge in [-0.2, -0.15) is 5.10 Å². The van der Waals surface area contributed by atoms with E-state index in [1.54, 1.807) is 37.4 Å². The monoisotopic (exact) mass is 476 g/mol. The number of amides is 2. The van der Waals surface area contributed by atoms with E-state index >= 15 is 0 Å². The maximum absolute atomic E-state index is 12.7. The van der Waals surface area contributed by atoms with Gasteiger partial charge in [-0.05, 0) is 48.5 Å². The molecule has 2 amide bonds. The van der Waals surface area contributed by atoms with Crippen LogP contribution in [0.25, 0.3) is 0 Å². The summed E-state index contributed by atoms with van der Waals surface area (Å²) in [6.07, 6.45) is 1.19. The molecule has 0 aliphatic carbocycles. The molecule has 1 heterocycles. The van der Waals surface area contributed by atoms with Crippen LogP contribution in [0.1, 0.15) is 21.5 Å². The average molecular weight is 476 g/mol. The molecule has 1 atom stereocenters. The zero-order valence-electron chi connectivity index (χ0n) is 19.1. The number of ether oxygens (including phenoxy) is 3. The first-order valence-corrected chi connectivity index (χ1v) is 10.6. The number of nitrogen functional groups attached to an aromatic ring is 1. The van der Waals surface area contributed by atoms with Crippen molar-refractivity contribution in [3.63, 3.8) is 0 Å². The smallest absolute Gasteiger partial charge is 0.271 e. The molecule has 10 heteroatoms. The van der Waals surface area contributed by atoms with E-state index in [9.17, 15) is 14.7 Å². The molecular formula is C25H24N4O6. The van der Waals surface area contributed by atoms with Gasteiger partial charge in [0.25, 0.3) is 11.8 Å². The van der Waals surface area contributed by atoms with Crippen LogP contribution in [-0.4, -0.2) is 43.5 Å². The van der Waals surface area contributed by atoms with E-state index in [4.69, 9.17) is 19.9 Å². The van der Waals surface area contributed by atoms with Crippen LogP contribution in [0.15, 0.2) is 59.7 Å². The molecule has 3 aromatic rings. The van der Waals surface area contributed by atoms with E-state index in [0.29, 0.717) is 34.9 Å². The SMILES string of the molecule is COc1ccc2c(c1)CC(C(=O)Nc1ccc(/C=N/NC(=O)c3ccc(O)c(N)c3)c(OC)c1)O2. The lowest BCUT2D eigenvalue weighted by Crippen LogP contribution is -2.31. The van der Waals surface area contributed by atoms with Crippen LogP contribution in [0.3, 0.4) is 0 Å². The van der Waals surface area contributed by atoms with Crippen LogP contribution in [0, 0.1) is 0 Å². The summed E-state index contributed by atoms with van der Waals surface area (Å²) < 4.78 is 16.4. The Morgan fingerprint density at radius 1 is 1.11 bits per heavy atom. The number of aromatic hydroxyl groups is 1. The molecule has 0 saturated carbocycles. The lowest BCUT2D eigenvalue weighted by Gasteiger charge is -2.13. The molecule has 3 aromatic carbocycles.